The van der Waals surface area contributed by atoms with Gasteiger partial charge in [0.25, 0.3) is 0 Å². The number of nitrogens with one attached hydrogen (secondary N) is 1. The van der Waals surface area contributed by atoms with Crippen molar-refractivity contribution in [1.29, 1.82) is 0 Å². The van der Waals surface area contributed by atoms with E-state index in [-0.39, 0.29) is 36.8 Å². The Hall–Kier alpha value is -3.35. The first-order chi connectivity index (χ1) is 16.5. The fourth-order valence-electron chi connectivity index (χ4n) is 5.19. The molecule has 2 N–H and O–H groups in total. The van der Waals surface area contributed by atoms with Gasteiger partial charge in [-0.15, -0.1) is 0 Å². The van der Waals surface area contributed by atoms with Gasteiger partial charge in [0.2, 0.25) is 5.91 Å². The van der Waals surface area contributed by atoms with Gasteiger partial charge in [0.05, 0.1) is 6.42 Å². The molecule has 7 heteroatoms. The predicted octanol–water partition coefficient (Wildman–Crippen LogP) is 4.41. The number of likely N-dealkylation sites (tertiary alicyclic amines) is 1. The fraction of sp³-hybridized carbons (Fsp3) is 0.444. The molecule has 1 fully saturated rings. The highest BCUT2D eigenvalue weighted by Crippen LogP contribution is 2.44. The lowest BCUT2D eigenvalue weighted by Gasteiger charge is -2.26. The molecule has 0 radical (unpaired) electrons. The normalized spacial score (nSPS) is 17.7. The van der Waals surface area contributed by atoms with Gasteiger partial charge < -0.3 is 20.1 Å². The zero-order chi connectivity index (χ0) is 24.1. The lowest BCUT2D eigenvalue weighted by atomic mass is 9.98. The number of carbonyl (C=O) groups excluding carboxylic acids is 2. The van der Waals surface area contributed by atoms with Gasteiger partial charge in [-0.2, -0.15) is 0 Å². The molecule has 7 nitrogen and oxygen atoms in total. The lowest BCUT2D eigenvalue weighted by molar-refractivity contribution is -0.141. The summed E-state index contributed by atoms with van der Waals surface area (Å²) in [4.78, 5) is 37.8. The standard InChI is InChI=1S/C27H32N2O5/c1-18(26(32)29-15-7-9-19(29)16-25(30)31)8-6-14-28-27(33)34-17-24-22-12-4-2-10-20(22)21-11-3-5-13-23(21)24/h2-5,10-13,18-19,24H,6-9,14-17H2,1H3,(H,28,33)(H,30,31). The molecule has 4 rings (SSSR count). The van der Waals surface area contributed by atoms with Crippen molar-refractivity contribution in [3.05, 3.63) is 59.7 Å². The van der Waals surface area contributed by atoms with E-state index in [2.05, 4.69) is 29.6 Å². The molecule has 0 saturated carbocycles. The van der Waals surface area contributed by atoms with Gasteiger partial charge in [-0.1, -0.05) is 55.5 Å². The first kappa shape index (κ1) is 23.8. The van der Waals surface area contributed by atoms with Crippen molar-refractivity contribution in [2.45, 2.75) is 51.0 Å². The quantitative estimate of drug-likeness (QED) is 0.536. The van der Waals surface area contributed by atoms with Crippen LogP contribution in [0.15, 0.2) is 48.5 Å². The molecule has 180 valence electrons. The second kappa shape index (κ2) is 10.7. The van der Waals surface area contributed by atoms with Crippen molar-refractivity contribution < 1.29 is 24.2 Å². The highest BCUT2D eigenvalue weighted by molar-refractivity contribution is 5.80. The monoisotopic (exact) mass is 464 g/mol. The van der Waals surface area contributed by atoms with Crippen molar-refractivity contribution in [2.24, 2.45) is 5.92 Å². The first-order valence-corrected chi connectivity index (χ1v) is 12.1. The van der Waals surface area contributed by atoms with Gasteiger partial charge in [0.1, 0.15) is 6.61 Å². The first-order valence-electron chi connectivity index (χ1n) is 12.1. The highest BCUT2D eigenvalue weighted by atomic mass is 16.5. The van der Waals surface area contributed by atoms with Crippen molar-refractivity contribution in [1.82, 2.24) is 10.2 Å². The lowest BCUT2D eigenvalue weighted by Crippen LogP contribution is -2.40. The topological polar surface area (TPSA) is 95.9 Å². The summed E-state index contributed by atoms with van der Waals surface area (Å²) >= 11 is 0. The van der Waals surface area contributed by atoms with E-state index in [9.17, 15) is 14.4 Å². The van der Waals surface area contributed by atoms with Gasteiger partial charge in [-0.25, -0.2) is 4.79 Å². The molecule has 2 aliphatic rings. The molecule has 0 bridgehead atoms. The van der Waals surface area contributed by atoms with E-state index in [0.29, 0.717) is 25.9 Å². The number of ether oxygens (including phenoxy) is 1. The number of amides is 2. The van der Waals surface area contributed by atoms with Crippen LogP contribution in [0.5, 0.6) is 0 Å². The Bertz CT molecular complexity index is 1010. The number of alkyl carbamates (subject to hydrolysis) is 1. The van der Waals surface area contributed by atoms with Crippen LogP contribution in [-0.2, 0) is 14.3 Å². The summed E-state index contributed by atoms with van der Waals surface area (Å²) in [6.45, 7) is 3.19. The van der Waals surface area contributed by atoms with E-state index >= 15 is 0 Å². The molecule has 2 unspecified atom stereocenters. The summed E-state index contributed by atoms with van der Waals surface area (Å²) in [5.41, 5.74) is 4.72. The minimum absolute atomic E-state index is 0.00179. The molecule has 34 heavy (non-hydrogen) atoms. The number of hydrogen-bond donors (Lipinski definition) is 2. The zero-order valence-corrected chi connectivity index (χ0v) is 19.5. The van der Waals surface area contributed by atoms with Crippen LogP contribution in [-0.4, -0.2) is 53.7 Å². The third-order valence-corrected chi connectivity index (χ3v) is 6.92. The Labute approximate surface area is 200 Å². The van der Waals surface area contributed by atoms with Crippen LogP contribution in [0.1, 0.15) is 56.1 Å². The van der Waals surface area contributed by atoms with Crippen LogP contribution < -0.4 is 5.32 Å². The Morgan fingerprint density at radius 2 is 1.74 bits per heavy atom. The van der Waals surface area contributed by atoms with Crippen molar-refractivity contribution >= 4 is 18.0 Å². The zero-order valence-electron chi connectivity index (χ0n) is 19.5. The number of aliphatic carboxylic acids is 1. The molecule has 0 spiro atoms. The molecular formula is C27H32N2O5. The smallest absolute Gasteiger partial charge is 0.407 e. The maximum absolute atomic E-state index is 12.7. The Morgan fingerprint density at radius 1 is 1.09 bits per heavy atom. The van der Waals surface area contributed by atoms with E-state index < -0.39 is 12.1 Å². The second-order valence-electron chi connectivity index (χ2n) is 9.22. The van der Waals surface area contributed by atoms with E-state index in [1.54, 1.807) is 4.90 Å². The number of carboxylic acids is 1. The second-order valence-corrected chi connectivity index (χ2v) is 9.22. The number of carboxylic acid groups (broad SMARTS) is 1. The summed E-state index contributed by atoms with van der Waals surface area (Å²) < 4.78 is 5.55. The number of benzene rings is 2. The summed E-state index contributed by atoms with van der Waals surface area (Å²) in [7, 11) is 0. The molecule has 1 heterocycles. The molecule has 2 aromatic carbocycles. The molecule has 1 aliphatic carbocycles. The van der Waals surface area contributed by atoms with E-state index in [0.717, 1.165) is 12.8 Å². The Morgan fingerprint density at radius 3 is 2.38 bits per heavy atom. The minimum Gasteiger partial charge on any atom is -0.481 e. The maximum Gasteiger partial charge on any atom is 0.407 e. The maximum atomic E-state index is 12.7. The molecule has 2 atom stereocenters. The van der Waals surface area contributed by atoms with Gasteiger partial charge >= 0.3 is 12.1 Å². The highest BCUT2D eigenvalue weighted by Gasteiger charge is 2.32. The van der Waals surface area contributed by atoms with Crippen molar-refractivity contribution in [2.75, 3.05) is 19.7 Å². The molecular weight excluding hydrogens is 432 g/mol. The summed E-state index contributed by atoms with van der Waals surface area (Å²) in [6, 6.07) is 16.2. The number of carbonyl (C=O) groups is 3. The Balaban J connectivity index is 1.20. The number of nitrogens with zero attached hydrogens (tertiary/aromatic N) is 1. The van der Waals surface area contributed by atoms with Gasteiger partial charge in [-0.3, -0.25) is 9.59 Å². The van der Waals surface area contributed by atoms with Crippen LogP contribution >= 0.6 is 0 Å². The largest absolute Gasteiger partial charge is 0.481 e. The van der Waals surface area contributed by atoms with Crippen LogP contribution in [0, 0.1) is 5.92 Å². The SMILES string of the molecule is CC(CCCNC(=O)OCC1c2ccccc2-c2ccccc21)C(=O)N1CCCC1CC(=O)O. The summed E-state index contributed by atoms with van der Waals surface area (Å²) in [5, 5.41) is 11.8. The van der Waals surface area contributed by atoms with Gasteiger partial charge in [0.15, 0.2) is 0 Å². The predicted molar refractivity (Wildman–Crippen MR) is 128 cm³/mol. The van der Waals surface area contributed by atoms with Crippen LogP contribution in [0.25, 0.3) is 11.1 Å². The number of fused-ring (bicyclic) bond motifs is 3. The van der Waals surface area contributed by atoms with E-state index in [1.807, 2.05) is 31.2 Å². The fourth-order valence-corrected chi connectivity index (χ4v) is 5.19. The average molecular weight is 465 g/mol. The third-order valence-electron chi connectivity index (χ3n) is 6.92. The van der Waals surface area contributed by atoms with Crippen molar-refractivity contribution in [3.63, 3.8) is 0 Å². The number of rotatable bonds is 9. The third kappa shape index (κ3) is 5.24. The van der Waals surface area contributed by atoms with Crippen LogP contribution in [0.2, 0.25) is 0 Å². The average Bonchev–Trinajstić information content (AvgIpc) is 3.42. The molecule has 0 aromatic heterocycles. The van der Waals surface area contributed by atoms with Crippen LogP contribution in [0.3, 0.4) is 0 Å². The molecule has 2 aromatic rings. The summed E-state index contributed by atoms with van der Waals surface area (Å²) in [5.74, 6) is -1.05. The minimum atomic E-state index is -0.871. The van der Waals surface area contributed by atoms with Gasteiger partial charge in [0, 0.05) is 31.0 Å². The molecule has 2 amide bonds. The summed E-state index contributed by atoms with van der Waals surface area (Å²) in [6.07, 6.45) is 2.41. The van der Waals surface area contributed by atoms with Crippen molar-refractivity contribution in [3.8, 4) is 11.1 Å². The van der Waals surface area contributed by atoms with E-state index in [1.165, 1.54) is 22.3 Å². The Kier molecular flexibility index (Phi) is 7.50. The number of hydrogen-bond acceptors (Lipinski definition) is 4. The van der Waals surface area contributed by atoms with Gasteiger partial charge in [-0.05, 0) is 47.9 Å². The van der Waals surface area contributed by atoms with Crippen LogP contribution in [0.4, 0.5) is 4.79 Å². The molecule has 1 saturated heterocycles. The molecule has 1 aliphatic heterocycles. The van der Waals surface area contributed by atoms with E-state index in [4.69, 9.17) is 9.84 Å².